The molecular formula is C18H14ClN3O2. The molecule has 0 unspecified atom stereocenters. The summed E-state index contributed by atoms with van der Waals surface area (Å²) in [6.45, 7) is 0. The minimum atomic E-state index is -0.506. The van der Waals surface area contributed by atoms with Gasteiger partial charge in [-0.1, -0.05) is 48.0 Å². The van der Waals surface area contributed by atoms with Crippen LogP contribution in [0.4, 0.5) is 10.5 Å². The van der Waals surface area contributed by atoms with Gasteiger partial charge in [0.25, 0.3) is 0 Å². The van der Waals surface area contributed by atoms with Gasteiger partial charge in [-0.25, -0.2) is 10.2 Å². The van der Waals surface area contributed by atoms with Crippen molar-refractivity contribution in [3.8, 4) is 5.75 Å². The van der Waals surface area contributed by atoms with Gasteiger partial charge in [-0.15, -0.1) is 0 Å². The molecule has 0 saturated heterocycles. The highest BCUT2D eigenvalue weighted by Crippen LogP contribution is 2.25. The number of carbonyl (C=O) groups is 1. The number of fused-ring (bicyclic) bond motifs is 1. The van der Waals surface area contributed by atoms with Crippen LogP contribution in [0.5, 0.6) is 5.75 Å². The zero-order valence-corrected chi connectivity index (χ0v) is 13.3. The summed E-state index contributed by atoms with van der Waals surface area (Å²) in [5.74, 6) is 0.0921. The predicted octanol–water partition coefficient (Wildman–Crippen LogP) is 4.35. The number of nitrogens with one attached hydrogen (secondary N) is 2. The molecule has 3 N–H and O–H groups in total. The number of rotatable bonds is 3. The van der Waals surface area contributed by atoms with Gasteiger partial charge in [-0.3, -0.25) is 0 Å². The van der Waals surface area contributed by atoms with Gasteiger partial charge in [-0.05, 0) is 35.0 Å². The molecule has 0 bridgehead atoms. The standard InChI is InChI=1S/C18H14ClN3O2/c19-13-5-3-6-14(10-13)21-18(24)22-20-11-16-15-7-2-1-4-12(15)8-9-17(16)23/h1-11,23H,(H2,21,22,24). The second-order valence-electron chi connectivity index (χ2n) is 5.05. The first kappa shape index (κ1) is 15.8. The first-order chi connectivity index (χ1) is 11.6. The SMILES string of the molecule is O=C(NN=Cc1c(O)ccc2ccccc12)Nc1cccc(Cl)c1. The summed E-state index contributed by atoms with van der Waals surface area (Å²) < 4.78 is 0. The molecule has 0 atom stereocenters. The zero-order chi connectivity index (χ0) is 16.9. The van der Waals surface area contributed by atoms with Crippen molar-refractivity contribution in [1.82, 2.24) is 5.43 Å². The Labute approximate surface area is 143 Å². The zero-order valence-electron chi connectivity index (χ0n) is 12.5. The van der Waals surface area contributed by atoms with E-state index in [0.717, 1.165) is 10.8 Å². The van der Waals surface area contributed by atoms with Crippen LogP contribution in [-0.4, -0.2) is 17.4 Å². The largest absolute Gasteiger partial charge is 0.507 e. The first-order valence-electron chi connectivity index (χ1n) is 7.20. The molecule has 3 aromatic rings. The molecule has 0 aliphatic heterocycles. The van der Waals surface area contributed by atoms with Crippen LogP contribution in [0.2, 0.25) is 5.02 Å². The fourth-order valence-corrected chi connectivity index (χ4v) is 2.49. The van der Waals surface area contributed by atoms with Crippen LogP contribution in [-0.2, 0) is 0 Å². The van der Waals surface area contributed by atoms with Crippen LogP contribution in [0.25, 0.3) is 10.8 Å². The summed E-state index contributed by atoms with van der Waals surface area (Å²) in [4.78, 5) is 11.8. The Morgan fingerprint density at radius 1 is 1.08 bits per heavy atom. The van der Waals surface area contributed by atoms with E-state index in [1.165, 1.54) is 6.21 Å². The maximum Gasteiger partial charge on any atom is 0.339 e. The highest BCUT2D eigenvalue weighted by atomic mass is 35.5. The number of benzene rings is 3. The second kappa shape index (κ2) is 7.02. The fraction of sp³-hybridized carbons (Fsp3) is 0. The number of phenols is 1. The molecule has 6 heteroatoms. The van der Waals surface area contributed by atoms with Crippen LogP contribution in [0.15, 0.2) is 65.8 Å². The number of hydrazone groups is 1. The first-order valence-corrected chi connectivity index (χ1v) is 7.57. The molecule has 0 radical (unpaired) electrons. The second-order valence-corrected chi connectivity index (χ2v) is 5.49. The normalized spacial score (nSPS) is 10.9. The summed E-state index contributed by atoms with van der Waals surface area (Å²) in [7, 11) is 0. The topological polar surface area (TPSA) is 73.7 Å². The number of halogens is 1. The number of phenolic OH excluding ortho intramolecular Hbond substituents is 1. The molecule has 0 fully saturated rings. The minimum Gasteiger partial charge on any atom is -0.507 e. The number of aromatic hydroxyl groups is 1. The minimum absolute atomic E-state index is 0.0921. The molecule has 2 amide bonds. The number of hydrogen-bond acceptors (Lipinski definition) is 3. The molecule has 0 heterocycles. The van der Waals surface area contributed by atoms with E-state index in [9.17, 15) is 9.90 Å². The Hall–Kier alpha value is -3.05. The molecule has 0 saturated carbocycles. The van der Waals surface area contributed by atoms with E-state index >= 15 is 0 Å². The molecule has 24 heavy (non-hydrogen) atoms. The van der Waals surface area contributed by atoms with Crippen molar-refractivity contribution in [3.05, 3.63) is 71.2 Å². The lowest BCUT2D eigenvalue weighted by Gasteiger charge is -2.06. The van der Waals surface area contributed by atoms with Crippen molar-refractivity contribution in [2.75, 3.05) is 5.32 Å². The van der Waals surface area contributed by atoms with E-state index in [-0.39, 0.29) is 5.75 Å². The quantitative estimate of drug-likeness (QED) is 0.490. The van der Waals surface area contributed by atoms with Crippen molar-refractivity contribution in [1.29, 1.82) is 0 Å². The molecular weight excluding hydrogens is 326 g/mol. The maximum absolute atomic E-state index is 11.8. The van der Waals surface area contributed by atoms with E-state index in [1.807, 2.05) is 30.3 Å². The molecule has 0 aromatic heterocycles. The van der Waals surface area contributed by atoms with E-state index in [1.54, 1.807) is 30.3 Å². The van der Waals surface area contributed by atoms with Crippen molar-refractivity contribution in [2.24, 2.45) is 5.10 Å². The monoisotopic (exact) mass is 339 g/mol. The number of carbonyl (C=O) groups excluding carboxylic acids is 1. The number of hydrogen-bond donors (Lipinski definition) is 3. The predicted molar refractivity (Wildman–Crippen MR) is 96.8 cm³/mol. The maximum atomic E-state index is 11.8. The lowest BCUT2D eigenvalue weighted by Crippen LogP contribution is -2.24. The van der Waals surface area contributed by atoms with Gasteiger partial charge in [0.05, 0.1) is 6.21 Å². The number of amides is 2. The molecule has 5 nitrogen and oxygen atoms in total. The Morgan fingerprint density at radius 3 is 2.75 bits per heavy atom. The van der Waals surface area contributed by atoms with Gasteiger partial charge in [-0.2, -0.15) is 5.10 Å². The summed E-state index contributed by atoms with van der Waals surface area (Å²) in [6, 6.07) is 17.3. The van der Waals surface area contributed by atoms with Crippen molar-refractivity contribution in [3.63, 3.8) is 0 Å². The Bertz CT molecular complexity index is 925. The third-order valence-electron chi connectivity index (χ3n) is 3.39. The van der Waals surface area contributed by atoms with Crippen LogP contribution in [0.1, 0.15) is 5.56 Å². The van der Waals surface area contributed by atoms with E-state index in [2.05, 4.69) is 15.8 Å². The lowest BCUT2D eigenvalue weighted by atomic mass is 10.0. The molecule has 0 aliphatic rings. The van der Waals surface area contributed by atoms with E-state index in [0.29, 0.717) is 16.3 Å². The van der Waals surface area contributed by atoms with Gasteiger partial charge < -0.3 is 10.4 Å². The number of nitrogens with zero attached hydrogens (tertiary/aromatic N) is 1. The Balaban J connectivity index is 1.72. The van der Waals surface area contributed by atoms with Crippen molar-refractivity contribution < 1.29 is 9.90 Å². The van der Waals surface area contributed by atoms with E-state index < -0.39 is 6.03 Å². The van der Waals surface area contributed by atoms with Crippen LogP contribution < -0.4 is 10.7 Å². The highest BCUT2D eigenvalue weighted by Gasteiger charge is 2.05. The Kier molecular flexibility index (Phi) is 4.63. The molecule has 3 rings (SSSR count). The van der Waals surface area contributed by atoms with E-state index in [4.69, 9.17) is 11.6 Å². The van der Waals surface area contributed by atoms with Gasteiger partial charge in [0.1, 0.15) is 5.75 Å². The van der Waals surface area contributed by atoms with Crippen LogP contribution in [0.3, 0.4) is 0 Å². The number of urea groups is 1. The summed E-state index contributed by atoms with van der Waals surface area (Å²) in [5, 5.41) is 18.8. The average Bonchev–Trinajstić information content (AvgIpc) is 2.57. The molecule has 0 spiro atoms. The van der Waals surface area contributed by atoms with Crippen molar-refractivity contribution in [2.45, 2.75) is 0 Å². The van der Waals surface area contributed by atoms with Crippen LogP contribution in [0, 0.1) is 0 Å². The molecule has 0 aliphatic carbocycles. The number of anilines is 1. The summed E-state index contributed by atoms with van der Waals surface area (Å²) >= 11 is 5.86. The average molecular weight is 340 g/mol. The third kappa shape index (κ3) is 3.64. The van der Waals surface area contributed by atoms with Crippen LogP contribution >= 0.6 is 11.6 Å². The molecule has 3 aromatic carbocycles. The lowest BCUT2D eigenvalue weighted by molar-refractivity contribution is 0.252. The smallest absolute Gasteiger partial charge is 0.339 e. The fourth-order valence-electron chi connectivity index (χ4n) is 2.30. The third-order valence-corrected chi connectivity index (χ3v) is 3.63. The Morgan fingerprint density at radius 2 is 1.92 bits per heavy atom. The van der Waals surface area contributed by atoms with Crippen molar-refractivity contribution >= 4 is 40.3 Å². The van der Waals surface area contributed by atoms with Gasteiger partial charge in [0, 0.05) is 16.3 Å². The molecule has 120 valence electrons. The summed E-state index contributed by atoms with van der Waals surface area (Å²) in [6.07, 6.45) is 1.41. The van der Waals surface area contributed by atoms with Gasteiger partial charge >= 0.3 is 6.03 Å². The summed E-state index contributed by atoms with van der Waals surface area (Å²) in [5.41, 5.74) is 3.45. The highest BCUT2D eigenvalue weighted by molar-refractivity contribution is 6.30. The van der Waals surface area contributed by atoms with Gasteiger partial charge in [0.15, 0.2) is 0 Å². The van der Waals surface area contributed by atoms with Gasteiger partial charge in [0.2, 0.25) is 0 Å².